The number of anilines is 2. The molecule has 2 N–H and O–H groups in total. The molecule has 1 atom stereocenters. The van der Waals surface area contributed by atoms with Crippen molar-refractivity contribution >= 4 is 28.5 Å². The lowest BCUT2D eigenvalue weighted by Gasteiger charge is -2.18. The maximum Gasteiger partial charge on any atom is 0.139 e. The Morgan fingerprint density at radius 1 is 1.15 bits per heavy atom. The molecule has 1 aromatic heterocycles. The number of aromatic amines is 1. The normalized spacial score (nSPS) is 14.2. The quantitative estimate of drug-likeness (QED) is 0.335. The third-order valence-electron chi connectivity index (χ3n) is 6.42. The van der Waals surface area contributed by atoms with Gasteiger partial charge in [-0.2, -0.15) is 0 Å². The predicted octanol–water partition coefficient (Wildman–Crippen LogP) is 8.75. The second-order valence-electron chi connectivity index (χ2n) is 9.02. The fraction of sp³-hybridized carbons (Fsp3) is 0.345. The molecule has 4 rings (SSSR count). The third-order valence-corrected chi connectivity index (χ3v) is 6.75. The van der Waals surface area contributed by atoms with Crippen LogP contribution in [0, 0.1) is 5.92 Å². The Morgan fingerprint density at radius 2 is 2.03 bits per heavy atom. The minimum atomic E-state index is 0.681. The third kappa shape index (κ3) is 5.59. The van der Waals surface area contributed by atoms with Gasteiger partial charge in [-0.05, 0) is 72.6 Å². The molecule has 0 radical (unpaired) electrons. The van der Waals surface area contributed by atoms with E-state index in [-0.39, 0.29) is 0 Å². The monoisotopic (exact) mass is 459 g/mol. The van der Waals surface area contributed by atoms with Crippen LogP contribution in [0.1, 0.15) is 63.3 Å². The van der Waals surface area contributed by atoms with Gasteiger partial charge < -0.3 is 10.3 Å². The molecule has 0 amide bonds. The van der Waals surface area contributed by atoms with Gasteiger partial charge in [-0.3, -0.25) is 0 Å². The number of halogens is 1. The topological polar surface area (TPSA) is 40.7 Å². The molecule has 1 heterocycles. The summed E-state index contributed by atoms with van der Waals surface area (Å²) < 4.78 is 0. The van der Waals surface area contributed by atoms with E-state index in [0.29, 0.717) is 10.9 Å². The zero-order chi connectivity index (χ0) is 23.2. The lowest BCUT2D eigenvalue weighted by Crippen LogP contribution is -2.05. The van der Waals surface area contributed by atoms with E-state index in [2.05, 4.69) is 78.5 Å². The zero-order valence-corrected chi connectivity index (χ0v) is 20.7. The second-order valence-corrected chi connectivity index (χ2v) is 9.42. The predicted molar refractivity (Wildman–Crippen MR) is 142 cm³/mol. The first kappa shape index (κ1) is 23.4. The van der Waals surface area contributed by atoms with Crippen molar-refractivity contribution in [2.75, 3.05) is 5.32 Å². The van der Waals surface area contributed by atoms with Gasteiger partial charge in [0.2, 0.25) is 0 Å². The molecule has 1 aliphatic carbocycles. The van der Waals surface area contributed by atoms with Gasteiger partial charge in [0.05, 0.1) is 16.9 Å². The van der Waals surface area contributed by atoms with Gasteiger partial charge in [0.1, 0.15) is 5.82 Å². The number of imidazole rings is 1. The number of nitrogens with zero attached hydrogens (tertiary/aromatic N) is 1. The van der Waals surface area contributed by atoms with Gasteiger partial charge >= 0.3 is 0 Å². The Balaban J connectivity index is 1.63. The highest BCUT2D eigenvalue weighted by Crippen LogP contribution is 2.33. The van der Waals surface area contributed by atoms with Gasteiger partial charge in [0.15, 0.2) is 0 Å². The summed E-state index contributed by atoms with van der Waals surface area (Å²) in [4.78, 5) is 8.09. The molecule has 1 aliphatic rings. The smallest absolute Gasteiger partial charge is 0.139 e. The van der Waals surface area contributed by atoms with Gasteiger partial charge in [-0.1, -0.05) is 75.6 Å². The Bertz CT molecular complexity index is 1160. The summed E-state index contributed by atoms with van der Waals surface area (Å²) in [5, 5.41) is 4.36. The largest absolute Gasteiger partial charge is 0.355 e. The van der Waals surface area contributed by atoms with Crippen LogP contribution in [-0.2, 0) is 12.8 Å². The fourth-order valence-electron chi connectivity index (χ4n) is 4.37. The highest BCUT2D eigenvalue weighted by Gasteiger charge is 2.14. The van der Waals surface area contributed by atoms with Crippen molar-refractivity contribution in [3.8, 4) is 11.4 Å². The van der Waals surface area contributed by atoms with Gasteiger partial charge in [-0.25, -0.2) is 4.98 Å². The molecule has 3 aromatic rings. The molecule has 0 aliphatic heterocycles. The molecular weight excluding hydrogens is 426 g/mol. The van der Waals surface area contributed by atoms with Crippen molar-refractivity contribution in [3.63, 3.8) is 0 Å². The van der Waals surface area contributed by atoms with Gasteiger partial charge in [0, 0.05) is 16.9 Å². The lowest BCUT2D eigenvalue weighted by molar-refractivity contribution is 0.557. The van der Waals surface area contributed by atoms with Crippen LogP contribution in [-0.4, -0.2) is 9.97 Å². The van der Waals surface area contributed by atoms with Crippen LogP contribution in [0.3, 0.4) is 0 Å². The minimum Gasteiger partial charge on any atom is -0.355 e. The van der Waals surface area contributed by atoms with E-state index in [1.54, 1.807) is 0 Å². The van der Waals surface area contributed by atoms with E-state index in [9.17, 15) is 0 Å². The van der Waals surface area contributed by atoms with Crippen molar-refractivity contribution in [1.82, 2.24) is 9.97 Å². The van der Waals surface area contributed by atoms with Crippen molar-refractivity contribution in [1.29, 1.82) is 0 Å². The van der Waals surface area contributed by atoms with Crippen molar-refractivity contribution in [2.45, 2.75) is 59.3 Å². The van der Waals surface area contributed by atoms with Crippen LogP contribution >= 0.6 is 11.6 Å². The molecule has 0 spiro atoms. The number of rotatable bonds is 9. The molecule has 3 nitrogen and oxygen atoms in total. The minimum absolute atomic E-state index is 0.681. The molecule has 172 valence electrons. The summed E-state index contributed by atoms with van der Waals surface area (Å²) in [6.45, 7) is 6.84. The summed E-state index contributed by atoms with van der Waals surface area (Å²) >= 11 is 6.59. The average Bonchev–Trinajstić information content (AvgIpc) is 3.33. The SMILES string of the molecule is CCCc1c(C[C@H](C)CC)cccc1Nc1ccc(Cl)c(-c2ncc(C3=CCCC=C3)[nH]2)c1. The Hall–Kier alpha value is -2.78. The van der Waals surface area contributed by atoms with E-state index in [1.165, 1.54) is 28.8 Å². The Labute approximate surface area is 203 Å². The first-order chi connectivity index (χ1) is 16.1. The molecule has 0 fully saturated rings. The van der Waals surface area contributed by atoms with Crippen LogP contribution in [0.4, 0.5) is 11.4 Å². The summed E-state index contributed by atoms with van der Waals surface area (Å²) in [5.74, 6) is 1.47. The lowest BCUT2D eigenvalue weighted by atomic mass is 9.92. The van der Waals surface area contributed by atoms with Crippen LogP contribution in [0.5, 0.6) is 0 Å². The highest BCUT2D eigenvalue weighted by molar-refractivity contribution is 6.33. The van der Waals surface area contributed by atoms with E-state index >= 15 is 0 Å². The van der Waals surface area contributed by atoms with Crippen LogP contribution < -0.4 is 5.32 Å². The molecule has 4 heteroatoms. The maximum absolute atomic E-state index is 6.59. The van der Waals surface area contributed by atoms with Gasteiger partial charge in [0.25, 0.3) is 0 Å². The Kier molecular flexibility index (Phi) is 7.72. The van der Waals surface area contributed by atoms with E-state index in [1.807, 2.05) is 18.3 Å². The number of hydrogen-bond acceptors (Lipinski definition) is 2. The van der Waals surface area contributed by atoms with Crippen molar-refractivity contribution in [2.24, 2.45) is 5.92 Å². The van der Waals surface area contributed by atoms with Crippen molar-refractivity contribution < 1.29 is 0 Å². The number of allylic oxidation sites excluding steroid dienone is 4. The molecule has 0 saturated heterocycles. The standard InChI is InChI=1S/C29H34ClN3/c1-4-10-24-22(17-20(3)5-2)13-9-14-27(24)32-23-15-16-26(30)25(18-23)29-31-19-28(33-29)21-11-7-6-8-12-21/h7,9,11-16,18-20,32H,4-6,8,10,17H2,1-3H3,(H,31,33)/t20-/m1/s1. The first-order valence-corrected chi connectivity index (χ1v) is 12.6. The molecule has 0 saturated carbocycles. The summed E-state index contributed by atoms with van der Waals surface area (Å²) in [5.41, 5.74) is 8.20. The van der Waals surface area contributed by atoms with Gasteiger partial charge in [-0.15, -0.1) is 0 Å². The molecule has 0 unspecified atom stereocenters. The molecule has 0 bridgehead atoms. The molecular formula is C29H34ClN3. The summed E-state index contributed by atoms with van der Waals surface area (Å²) in [6, 6.07) is 12.7. The van der Waals surface area contributed by atoms with E-state index in [4.69, 9.17) is 11.6 Å². The first-order valence-electron chi connectivity index (χ1n) is 12.2. The highest BCUT2D eigenvalue weighted by atomic mass is 35.5. The molecule has 33 heavy (non-hydrogen) atoms. The van der Waals surface area contributed by atoms with Crippen molar-refractivity contribution in [3.05, 3.63) is 82.7 Å². The number of hydrogen-bond donors (Lipinski definition) is 2. The van der Waals surface area contributed by atoms with Crippen LogP contribution in [0.25, 0.3) is 17.0 Å². The maximum atomic E-state index is 6.59. The summed E-state index contributed by atoms with van der Waals surface area (Å²) in [7, 11) is 0. The number of benzene rings is 2. The van der Waals surface area contributed by atoms with E-state index in [0.717, 1.165) is 54.9 Å². The average molecular weight is 460 g/mol. The summed E-state index contributed by atoms with van der Waals surface area (Å²) in [6.07, 6.45) is 15.2. The Morgan fingerprint density at radius 3 is 2.79 bits per heavy atom. The molecule has 2 aromatic carbocycles. The second kappa shape index (κ2) is 10.9. The van der Waals surface area contributed by atoms with E-state index < -0.39 is 0 Å². The number of H-pyrrole nitrogens is 1. The van der Waals surface area contributed by atoms with Crippen LogP contribution in [0.15, 0.2) is 60.8 Å². The number of nitrogens with one attached hydrogen (secondary N) is 2. The number of aromatic nitrogens is 2. The zero-order valence-electron chi connectivity index (χ0n) is 19.9. The van der Waals surface area contributed by atoms with Crippen LogP contribution in [0.2, 0.25) is 5.02 Å². The fourth-order valence-corrected chi connectivity index (χ4v) is 4.57.